The molecular formula is C12H20N2O3. The monoisotopic (exact) mass is 240 g/mol. The largest absolute Gasteiger partial charge is 0.480 e. The predicted octanol–water partition coefficient (Wildman–Crippen LogP) is 0.520. The highest BCUT2D eigenvalue weighted by molar-refractivity contribution is 5.91. The predicted molar refractivity (Wildman–Crippen MR) is 64.6 cm³/mol. The average molecular weight is 240 g/mol. The zero-order chi connectivity index (χ0) is 12.8. The maximum Gasteiger partial charge on any atom is 0.326 e. The van der Waals surface area contributed by atoms with Crippen molar-refractivity contribution in [3.63, 3.8) is 0 Å². The summed E-state index contributed by atoms with van der Waals surface area (Å²) < 4.78 is 0. The van der Waals surface area contributed by atoms with Crippen molar-refractivity contribution in [2.75, 3.05) is 6.54 Å². The fraction of sp³-hybridized carbons (Fsp3) is 0.667. The van der Waals surface area contributed by atoms with E-state index in [1.54, 1.807) is 19.9 Å². The van der Waals surface area contributed by atoms with Gasteiger partial charge in [0.2, 0.25) is 5.91 Å². The van der Waals surface area contributed by atoms with Crippen molar-refractivity contribution >= 4 is 11.9 Å². The zero-order valence-corrected chi connectivity index (χ0v) is 10.3. The Morgan fingerprint density at radius 2 is 2.18 bits per heavy atom. The van der Waals surface area contributed by atoms with Gasteiger partial charge in [-0.15, -0.1) is 0 Å². The molecule has 0 aromatic rings. The molecule has 17 heavy (non-hydrogen) atoms. The van der Waals surface area contributed by atoms with E-state index >= 15 is 0 Å². The molecule has 1 rings (SSSR count). The summed E-state index contributed by atoms with van der Waals surface area (Å²) in [6.45, 7) is 4.50. The molecule has 1 heterocycles. The third-order valence-corrected chi connectivity index (χ3v) is 2.81. The van der Waals surface area contributed by atoms with Gasteiger partial charge in [-0.25, -0.2) is 4.79 Å². The smallest absolute Gasteiger partial charge is 0.326 e. The maximum absolute atomic E-state index is 11.5. The quantitative estimate of drug-likeness (QED) is 0.612. The molecule has 1 unspecified atom stereocenters. The minimum Gasteiger partial charge on any atom is -0.480 e. The topological polar surface area (TPSA) is 78.4 Å². The van der Waals surface area contributed by atoms with E-state index in [-0.39, 0.29) is 17.9 Å². The summed E-state index contributed by atoms with van der Waals surface area (Å²) >= 11 is 0. The fourth-order valence-electron chi connectivity index (χ4n) is 1.79. The Hall–Kier alpha value is -1.36. The van der Waals surface area contributed by atoms with Gasteiger partial charge in [-0.3, -0.25) is 4.79 Å². The Morgan fingerprint density at radius 3 is 2.65 bits per heavy atom. The molecule has 0 aromatic carbocycles. The Balaban J connectivity index is 2.44. The molecule has 1 saturated heterocycles. The van der Waals surface area contributed by atoms with E-state index in [9.17, 15) is 9.59 Å². The number of amides is 1. The van der Waals surface area contributed by atoms with Crippen LogP contribution in [0.15, 0.2) is 12.2 Å². The van der Waals surface area contributed by atoms with Gasteiger partial charge in [-0.1, -0.05) is 19.9 Å². The highest BCUT2D eigenvalue weighted by atomic mass is 16.4. The van der Waals surface area contributed by atoms with E-state index in [0.29, 0.717) is 0 Å². The first-order valence-electron chi connectivity index (χ1n) is 5.95. The number of rotatable bonds is 5. The van der Waals surface area contributed by atoms with Crippen molar-refractivity contribution < 1.29 is 14.7 Å². The van der Waals surface area contributed by atoms with Crippen molar-refractivity contribution in [1.29, 1.82) is 0 Å². The van der Waals surface area contributed by atoms with E-state index in [1.807, 2.05) is 0 Å². The number of carboxylic acids is 1. The molecule has 0 radical (unpaired) electrons. The van der Waals surface area contributed by atoms with Crippen LogP contribution in [-0.4, -0.2) is 35.6 Å². The normalized spacial score (nSPS) is 21.9. The first-order chi connectivity index (χ1) is 8.00. The molecule has 1 aliphatic rings. The Kier molecular flexibility index (Phi) is 5.15. The molecule has 1 aliphatic heterocycles. The van der Waals surface area contributed by atoms with Crippen LogP contribution in [0.3, 0.4) is 0 Å². The van der Waals surface area contributed by atoms with Gasteiger partial charge in [-0.2, -0.15) is 0 Å². The second-order valence-corrected chi connectivity index (χ2v) is 4.63. The van der Waals surface area contributed by atoms with E-state index in [1.165, 1.54) is 6.08 Å². The van der Waals surface area contributed by atoms with Crippen LogP contribution in [0.1, 0.15) is 26.7 Å². The standard InChI is InChI=1S/C12H20N2O3/c1-8(2)11(12(16)17)14-10(15)6-5-9-4-3-7-13-9/h5-6,8-9,11,13H,3-4,7H2,1-2H3,(H,14,15)(H,16,17)/t9?,11-/m0/s1. The summed E-state index contributed by atoms with van der Waals surface area (Å²) in [5, 5.41) is 14.6. The van der Waals surface area contributed by atoms with Crippen LogP contribution in [0.25, 0.3) is 0 Å². The molecule has 2 atom stereocenters. The molecule has 5 nitrogen and oxygen atoms in total. The second kappa shape index (κ2) is 6.39. The summed E-state index contributed by atoms with van der Waals surface area (Å²) in [6, 6.07) is -0.591. The summed E-state index contributed by atoms with van der Waals surface area (Å²) in [7, 11) is 0. The maximum atomic E-state index is 11.5. The Labute approximate surface area is 101 Å². The minimum atomic E-state index is -0.999. The lowest BCUT2D eigenvalue weighted by Gasteiger charge is -2.16. The molecule has 0 saturated carbocycles. The van der Waals surface area contributed by atoms with E-state index in [0.717, 1.165) is 19.4 Å². The number of carbonyl (C=O) groups excluding carboxylic acids is 1. The minimum absolute atomic E-state index is 0.130. The van der Waals surface area contributed by atoms with E-state index < -0.39 is 12.0 Å². The van der Waals surface area contributed by atoms with Crippen LogP contribution < -0.4 is 10.6 Å². The van der Waals surface area contributed by atoms with E-state index in [4.69, 9.17) is 5.11 Å². The third-order valence-electron chi connectivity index (χ3n) is 2.81. The molecule has 5 heteroatoms. The molecular weight excluding hydrogens is 220 g/mol. The van der Waals surface area contributed by atoms with Crippen molar-refractivity contribution in [3.8, 4) is 0 Å². The summed E-state index contributed by atoms with van der Waals surface area (Å²) in [5.41, 5.74) is 0. The molecule has 0 aliphatic carbocycles. The molecule has 0 bridgehead atoms. The van der Waals surface area contributed by atoms with Gasteiger partial charge in [0.25, 0.3) is 0 Å². The van der Waals surface area contributed by atoms with Crippen LogP contribution in [0.4, 0.5) is 0 Å². The lowest BCUT2D eigenvalue weighted by atomic mass is 10.0. The Morgan fingerprint density at radius 1 is 1.47 bits per heavy atom. The molecule has 0 spiro atoms. The SMILES string of the molecule is CC(C)[C@H](NC(=O)C=CC1CCCN1)C(=O)O. The lowest BCUT2D eigenvalue weighted by Crippen LogP contribution is -2.43. The third kappa shape index (κ3) is 4.56. The lowest BCUT2D eigenvalue weighted by molar-refractivity contribution is -0.142. The molecule has 3 N–H and O–H groups in total. The number of hydrogen-bond donors (Lipinski definition) is 3. The number of aliphatic carboxylic acids is 1. The van der Waals surface area contributed by atoms with Gasteiger partial charge in [0.15, 0.2) is 0 Å². The zero-order valence-electron chi connectivity index (χ0n) is 10.3. The van der Waals surface area contributed by atoms with Crippen molar-refractivity contribution in [2.24, 2.45) is 5.92 Å². The molecule has 0 aromatic heterocycles. The van der Waals surface area contributed by atoms with Crippen LogP contribution in [0, 0.1) is 5.92 Å². The van der Waals surface area contributed by atoms with Gasteiger partial charge < -0.3 is 15.7 Å². The van der Waals surface area contributed by atoms with Gasteiger partial charge in [-0.05, 0) is 25.3 Å². The highest BCUT2D eigenvalue weighted by Crippen LogP contribution is 2.06. The molecule has 1 amide bonds. The number of carboxylic acid groups (broad SMARTS) is 1. The number of carbonyl (C=O) groups is 2. The van der Waals surface area contributed by atoms with Gasteiger partial charge in [0.1, 0.15) is 6.04 Å². The number of hydrogen-bond acceptors (Lipinski definition) is 3. The summed E-state index contributed by atoms with van der Waals surface area (Å²) in [5.74, 6) is -1.48. The van der Waals surface area contributed by atoms with Crippen LogP contribution >= 0.6 is 0 Å². The molecule has 1 fully saturated rings. The first-order valence-corrected chi connectivity index (χ1v) is 5.95. The molecule has 96 valence electrons. The van der Waals surface area contributed by atoms with Crippen LogP contribution in [0.2, 0.25) is 0 Å². The fourth-order valence-corrected chi connectivity index (χ4v) is 1.79. The van der Waals surface area contributed by atoms with Crippen LogP contribution in [0.5, 0.6) is 0 Å². The number of nitrogens with one attached hydrogen (secondary N) is 2. The summed E-state index contributed by atoms with van der Waals surface area (Å²) in [6.07, 6.45) is 5.35. The van der Waals surface area contributed by atoms with Crippen molar-refractivity contribution in [2.45, 2.75) is 38.8 Å². The first kappa shape index (κ1) is 13.7. The highest BCUT2D eigenvalue weighted by Gasteiger charge is 2.22. The van der Waals surface area contributed by atoms with Gasteiger partial charge in [0.05, 0.1) is 0 Å². The van der Waals surface area contributed by atoms with Gasteiger partial charge >= 0.3 is 5.97 Å². The van der Waals surface area contributed by atoms with Gasteiger partial charge in [0, 0.05) is 12.1 Å². The summed E-state index contributed by atoms with van der Waals surface area (Å²) in [4.78, 5) is 22.4. The van der Waals surface area contributed by atoms with Crippen molar-refractivity contribution in [3.05, 3.63) is 12.2 Å². The Bertz CT molecular complexity index is 307. The second-order valence-electron chi connectivity index (χ2n) is 4.63. The van der Waals surface area contributed by atoms with Crippen LogP contribution in [-0.2, 0) is 9.59 Å². The average Bonchev–Trinajstić information content (AvgIpc) is 2.74. The van der Waals surface area contributed by atoms with Crippen molar-refractivity contribution in [1.82, 2.24) is 10.6 Å². The van der Waals surface area contributed by atoms with E-state index in [2.05, 4.69) is 10.6 Å².